The van der Waals surface area contributed by atoms with Crippen LogP contribution in [-0.4, -0.2) is 19.5 Å². The highest BCUT2D eigenvalue weighted by molar-refractivity contribution is 6.18. The Morgan fingerprint density at radius 3 is 1.43 bits per heavy atom. The minimum Gasteiger partial charge on any atom is -0.309 e. The summed E-state index contributed by atoms with van der Waals surface area (Å²) in [5.41, 5.74) is 15.7. The van der Waals surface area contributed by atoms with Gasteiger partial charge in [-0.15, -0.1) is 0 Å². The predicted molar refractivity (Wildman–Crippen MR) is 262 cm³/mol. The van der Waals surface area contributed by atoms with Crippen molar-refractivity contribution in [2.24, 2.45) is 0 Å². The highest BCUT2D eigenvalue weighted by Crippen LogP contribution is 2.41. The van der Waals surface area contributed by atoms with Gasteiger partial charge >= 0.3 is 0 Å². The lowest BCUT2D eigenvalue weighted by atomic mass is 9.90. The molecule has 12 aromatic rings. The number of nitrogens with zero attached hydrogens (tertiary/aromatic N) is 4. The molecule has 9 aromatic carbocycles. The lowest BCUT2D eigenvalue weighted by Crippen LogP contribution is -1.98. The van der Waals surface area contributed by atoms with Crippen LogP contribution in [0.5, 0.6) is 0 Å². The fourth-order valence-electron chi connectivity index (χ4n) is 9.23. The Labute approximate surface area is 365 Å². The molecule has 4 nitrogen and oxygen atoms in total. The lowest BCUT2D eigenvalue weighted by molar-refractivity contribution is 1.16. The zero-order chi connectivity index (χ0) is 41.7. The van der Waals surface area contributed by atoms with Crippen molar-refractivity contribution in [3.63, 3.8) is 0 Å². The summed E-state index contributed by atoms with van der Waals surface area (Å²) >= 11 is 0. The van der Waals surface area contributed by atoms with Crippen LogP contribution in [0, 0.1) is 0 Å². The van der Waals surface area contributed by atoms with Gasteiger partial charge in [0.05, 0.1) is 33.6 Å². The average molecular weight is 803 g/mol. The first-order valence-corrected chi connectivity index (χ1v) is 21.4. The standard InChI is InChI=1S/C59H38N4/c1-4-17-39(18-5-1)51-37-52(41-19-6-2-7-20-41)60-55-36-50(46-25-10-11-28-49(46)58(51)55)40-31-33-42(34-32-40)53-38-54(62-59(61-53)43-21-8-3-9-22-43)44-23-16-24-45(35-44)63-56-29-14-12-26-47(56)48-27-13-15-30-57(48)63/h1-38H. The SMILES string of the molecule is c1ccc(-c2cc(-c3ccccc3)c3c(cc(-c4ccc(-c5cc(-c6cccc(-n7c8ccccc8c8ccccc87)c6)nc(-c6ccccc6)n5)cc4)c4ccccc43)n2)cc1. The monoisotopic (exact) mass is 802 g/mol. The summed E-state index contributed by atoms with van der Waals surface area (Å²) in [5, 5.41) is 5.99. The third-order valence-corrected chi connectivity index (χ3v) is 12.2. The van der Waals surface area contributed by atoms with E-state index in [1.165, 1.54) is 43.7 Å². The molecule has 3 aromatic heterocycles. The van der Waals surface area contributed by atoms with Gasteiger partial charge in [-0.25, -0.2) is 15.0 Å². The molecule has 3 heterocycles. The van der Waals surface area contributed by atoms with Crippen molar-refractivity contribution in [1.29, 1.82) is 0 Å². The molecular weight excluding hydrogens is 765 g/mol. The largest absolute Gasteiger partial charge is 0.309 e. The molecule has 0 atom stereocenters. The van der Waals surface area contributed by atoms with Crippen LogP contribution >= 0.6 is 0 Å². The van der Waals surface area contributed by atoms with Gasteiger partial charge < -0.3 is 4.57 Å². The van der Waals surface area contributed by atoms with E-state index in [4.69, 9.17) is 15.0 Å². The Balaban J connectivity index is 0.990. The maximum atomic E-state index is 5.34. The van der Waals surface area contributed by atoms with Crippen LogP contribution in [0.15, 0.2) is 231 Å². The molecule has 0 saturated carbocycles. The lowest BCUT2D eigenvalue weighted by Gasteiger charge is -2.16. The van der Waals surface area contributed by atoms with Crippen LogP contribution in [0.4, 0.5) is 0 Å². The van der Waals surface area contributed by atoms with E-state index < -0.39 is 0 Å². The number of hydrogen-bond acceptors (Lipinski definition) is 3. The van der Waals surface area contributed by atoms with Gasteiger partial charge in [-0.1, -0.05) is 188 Å². The summed E-state index contributed by atoms with van der Waals surface area (Å²) in [7, 11) is 0. The molecule has 4 heteroatoms. The van der Waals surface area contributed by atoms with Gasteiger partial charge in [-0.2, -0.15) is 0 Å². The van der Waals surface area contributed by atoms with E-state index in [-0.39, 0.29) is 0 Å². The summed E-state index contributed by atoms with van der Waals surface area (Å²) in [6.45, 7) is 0. The summed E-state index contributed by atoms with van der Waals surface area (Å²) < 4.78 is 2.35. The highest BCUT2D eigenvalue weighted by Gasteiger charge is 2.18. The zero-order valence-electron chi connectivity index (χ0n) is 34.2. The number of hydrogen-bond donors (Lipinski definition) is 0. The summed E-state index contributed by atoms with van der Waals surface area (Å²) in [5.74, 6) is 0.685. The Bertz CT molecular complexity index is 3600. The van der Waals surface area contributed by atoms with Crippen LogP contribution < -0.4 is 0 Å². The molecule has 0 aliphatic carbocycles. The Kier molecular flexibility index (Phi) is 8.79. The fourth-order valence-corrected chi connectivity index (χ4v) is 9.23. The van der Waals surface area contributed by atoms with Gasteiger partial charge in [0, 0.05) is 44.1 Å². The van der Waals surface area contributed by atoms with Crippen molar-refractivity contribution >= 4 is 43.5 Å². The second-order valence-corrected chi connectivity index (χ2v) is 16.0. The van der Waals surface area contributed by atoms with E-state index in [1.54, 1.807) is 0 Å². The number of aromatic nitrogens is 4. The van der Waals surface area contributed by atoms with Gasteiger partial charge in [-0.05, 0) is 75.5 Å². The van der Waals surface area contributed by atoms with Crippen molar-refractivity contribution in [2.45, 2.75) is 0 Å². The van der Waals surface area contributed by atoms with Gasteiger partial charge in [-0.3, -0.25) is 0 Å². The number of pyridine rings is 1. The van der Waals surface area contributed by atoms with Gasteiger partial charge in [0.25, 0.3) is 0 Å². The van der Waals surface area contributed by atoms with Gasteiger partial charge in [0.15, 0.2) is 5.82 Å². The third-order valence-electron chi connectivity index (χ3n) is 12.2. The molecule has 0 bridgehead atoms. The summed E-state index contributed by atoms with van der Waals surface area (Å²) in [6.07, 6.45) is 0. The van der Waals surface area contributed by atoms with E-state index in [0.29, 0.717) is 5.82 Å². The van der Waals surface area contributed by atoms with Crippen LogP contribution in [0.3, 0.4) is 0 Å². The first kappa shape index (κ1) is 36.4. The van der Waals surface area contributed by atoms with Crippen molar-refractivity contribution in [3.05, 3.63) is 231 Å². The molecule has 294 valence electrons. The van der Waals surface area contributed by atoms with Crippen LogP contribution in [0.25, 0.3) is 117 Å². The first-order valence-electron chi connectivity index (χ1n) is 21.4. The Morgan fingerprint density at radius 1 is 0.286 bits per heavy atom. The molecule has 63 heavy (non-hydrogen) atoms. The van der Waals surface area contributed by atoms with Crippen LogP contribution in [0.1, 0.15) is 0 Å². The second-order valence-electron chi connectivity index (χ2n) is 16.0. The fraction of sp³-hybridized carbons (Fsp3) is 0. The molecule has 12 rings (SSSR count). The quantitative estimate of drug-likeness (QED) is 0.151. The molecule has 0 aliphatic rings. The molecule has 0 aliphatic heterocycles. The Hall–Kier alpha value is -8.47. The number of fused-ring (bicyclic) bond motifs is 6. The Morgan fingerprint density at radius 2 is 0.762 bits per heavy atom. The van der Waals surface area contributed by atoms with Crippen LogP contribution in [-0.2, 0) is 0 Å². The van der Waals surface area contributed by atoms with Crippen molar-refractivity contribution < 1.29 is 0 Å². The number of rotatable bonds is 7. The van der Waals surface area contributed by atoms with Gasteiger partial charge in [0.2, 0.25) is 0 Å². The molecular formula is C59H38N4. The topological polar surface area (TPSA) is 43.6 Å². The van der Waals surface area contributed by atoms with Gasteiger partial charge in [0.1, 0.15) is 0 Å². The number of para-hydroxylation sites is 2. The third kappa shape index (κ3) is 6.44. The molecule has 0 spiro atoms. The normalized spacial score (nSPS) is 11.5. The molecule has 0 radical (unpaired) electrons. The molecule has 0 saturated heterocycles. The van der Waals surface area contributed by atoms with Crippen molar-refractivity contribution in [2.75, 3.05) is 0 Å². The maximum Gasteiger partial charge on any atom is 0.160 e. The van der Waals surface area contributed by atoms with E-state index in [0.717, 1.165) is 67.1 Å². The maximum absolute atomic E-state index is 5.34. The molecule has 0 unspecified atom stereocenters. The van der Waals surface area contributed by atoms with Crippen molar-refractivity contribution in [3.8, 4) is 73.1 Å². The molecule has 0 N–H and O–H groups in total. The van der Waals surface area contributed by atoms with E-state index in [1.807, 2.05) is 24.3 Å². The van der Waals surface area contributed by atoms with E-state index >= 15 is 0 Å². The predicted octanol–water partition coefficient (Wildman–Crippen LogP) is 15.3. The van der Waals surface area contributed by atoms with Crippen molar-refractivity contribution in [1.82, 2.24) is 19.5 Å². The van der Waals surface area contributed by atoms with E-state index in [2.05, 4.69) is 211 Å². The molecule has 0 fully saturated rings. The number of benzene rings is 9. The van der Waals surface area contributed by atoms with E-state index in [9.17, 15) is 0 Å². The molecule has 0 amide bonds. The zero-order valence-corrected chi connectivity index (χ0v) is 34.2. The minimum atomic E-state index is 0.685. The second kappa shape index (κ2) is 15.2. The average Bonchev–Trinajstić information content (AvgIpc) is 3.71. The summed E-state index contributed by atoms with van der Waals surface area (Å²) in [4.78, 5) is 15.7. The first-order chi connectivity index (χ1) is 31.2. The minimum absolute atomic E-state index is 0.685. The van der Waals surface area contributed by atoms with Crippen LogP contribution in [0.2, 0.25) is 0 Å². The smallest absolute Gasteiger partial charge is 0.160 e. The summed E-state index contributed by atoms with van der Waals surface area (Å²) in [6, 6.07) is 81.5. The highest BCUT2D eigenvalue weighted by atomic mass is 15.0.